The lowest BCUT2D eigenvalue weighted by Crippen LogP contribution is -2.35. The molecule has 0 saturated carbocycles. The molecule has 9 heteroatoms. The Morgan fingerprint density at radius 1 is 1.17 bits per heavy atom. The molecule has 0 aliphatic rings. The van der Waals surface area contributed by atoms with Gasteiger partial charge in [-0.15, -0.1) is 0 Å². The number of rotatable bonds is 7. The molecule has 0 spiro atoms. The van der Waals surface area contributed by atoms with Crippen molar-refractivity contribution in [3.05, 3.63) is 36.0 Å². The second-order valence-electron chi connectivity index (χ2n) is 4.97. The van der Waals surface area contributed by atoms with Gasteiger partial charge in [0.25, 0.3) is 0 Å². The summed E-state index contributed by atoms with van der Waals surface area (Å²) < 4.78 is 27.5. The topological polar surface area (TPSA) is 122 Å². The van der Waals surface area contributed by atoms with Crippen molar-refractivity contribution in [2.45, 2.75) is 11.8 Å². The van der Waals surface area contributed by atoms with E-state index in [0.717, 1.165) is 10.00 Å². The van der Waals surface area contributed by atoms with E-state index in [2.05, 4.69) is 5.10 Å². The average molecular weight is 340 g/mol. The van der Waals surface area contributed by atoms with E-state index in [1.807, 2.05) is 6.92 Å². The van der Waals surface area contributed by atoms with Gasteiger partial charge in [-0.1, -0.05) is 0 Å². The summed E-state index contributed by atoms with van der Waals surface area (Å²) in [5.41, 5.74) is 7.25. The fourth-order valence-corrected chi connectivity index (χ4v) is 3.63. The number of aliphatic hydroxyl groups excluding tert-OH is 2. The molecule has 1 heterocycles. The fourth-order valence-electron chi connectivity index (χ4n) is 2.21. The van der Waals surface area contributed by atoms with Crippen LogP contribution in [0, 0.1) is 6.92 Å². The molecule has 0 unspecified atom stereocenters. The van der Waals surface area contributed by atoms with Crippen LogP contribution in [-0.2, 0) is 10.0 Å². The highest BCUT2D eigenvalue weighted by molar-refractivity contribution is 7.89. The van der Waals surface area contributed by atoms with Gasteiger partial charge < -0.3 is 15.9 Å². The van der Waals surface area contributed by atoms with Crippen LogP contribution >= 0.6 is 0 Å². The molecule has 126 valence electrons. The van der Waals surface area contributed by atoms with Gasteiger partial charge in [0.15, 0.2) is 0 Å². The van der Waals surface area contributed by atoms with E-state index in [4.69, 9.17) is 15.9 Å². The molecule has 4 N–H and O–H groups in total. The molecule has 8 nitrogen and oxygen atoms in total. The van der Waals surface area contributed by atoms with Crippen LogP contribution in [0.4, 0.5) is 5.82 Å². The first-order valence-corrected chi connectivity index (χ1v) is 8.48. The Bertz CT molecular complexity index is 750. The number of nitrogens with zero attached hydrogens (tertiary/aromatic N) is 3. The third-order valence-corrected chi connectivity index (χ3v) is 5.19. The van der Waals surface area contributed by atoms with E-state index < -0.39 is 10.0 Å². The number of nitrogen functional groups attached to an aromatic ring is 1. The molecule has 0 atom stereocenters. The number of anilines is 1. The van der Waals surface area contributed by atoms with Gasteiger partial charge in [-0.2, -0.15) is 9.40 Å². The van der Waals surface area contributed by atoms with Gasteiger partial charge in [0.2, 0.25) is 10.0 Å². The van der Waals surface area contributed by atoms with E-state index in [0.29, 0.717) is 11.5 Å². The lowest BCUT2D eigenvalue weighted by atomic mass is 10.3. The summed E-state index contributed by atoms with van der Waals surface area (Å²) in [5, 5.41) is 22.2. The number of benzene rings is 1. The molecule has 23 heavy (non-hydrogen) atoms. The minimum atomic E-state index is -3.78. The maximum absolute atomic E-state index is 12.5. The second kappa shape index (κ2) is 7.09. The zero-order chi connectivity index (χ0) is 17.0. The molecule has 0 radical (unpaired) electrons. The molecule has 2 rings (SSSR count). The van der Waals surface area contributed by atoms with Crippen molar-refractivity contribution in [2.24, 2.45) is 0 Å². The molecule has 1 aromatic carbocycles. The highest BCUT2D eigenvalue weighted by Gasteiger charge is 2.23. The third-order valence-electron chi connectivity index (χ3n) is 3.28. The molecular formula is C14H20N4O4S. The summed E-state index contributed by atoms with van der Waals surface area (Å²) in [5.74, 6) is 0.459. The minimum absolute atomic E-state index is 0.0735. The molecule has 0 amide bonds. The summed E-state index contributed by atoms with van der Waals surface area (Å²) in [6, 6.07) is 7.82. The lowest BCUT2D eigenvalue weighted by molar-refractivity contribution is 0.217. The van der Waals surface area contributed by atoms with Gasteiger partial charge in [0, 0.05) is 19.2 Å². The molecule has 0 aliphatic carbocycles. The Morgan fingerprint density at radius 3 is 2.17 bits per heavy atom. The fraction of sp³-hybridized carbons (Fsp3) is 0.357. The van der Waals surface area contributed by atoms with Crippen LogP contribution in [0.25, 0.3) is 5.69 Å². The van der Waals surface area contributed by atoms with Gasteiger partial charge in [0.1, 0.15) is 5.82 Å². The monoisotopic (exact) mass is 340 g/mol. The predicted molar refractivity (Wildman–Crippen MR) is 85.6 cm³/mol. The molecule has 1 aromatic heterocycles. The summed E-state index contributed by atoms with van der Waals surface area (Å²) in [7, 11) is -3.78. The second-order valence-corrected chi connectivity index (χ2v) is 6.91. The lowest BCUT2D eigenvalue weighted by Gasteiger charge is -2.20. The maximum Gasteiger partial charge on any atom is 0.243 e. The smallest absolute Gasteiger partial charge is 0.243 e. The van der Waals surface area contributed by atoms with Crippen LogP contribution in [-0.4, -0.2) is 59.0 Å². The highest BCUT2D eigenvalue weighted by atomic mass is 32.2. The van der Waals surface area contributed by atoms with Gasteiger partial charge in [-0.3, -0.25) is 0 Å². The van der Waals surface area contributed by atoms with Crippen LogP contribution in [0.15, 0.2) is 35.2 Å². The Kier molecular flexibility index (Phi) is 5.37. The largest absolute Gasteiger partial charge is 0.395 e. The Balaban J connectivity index is 2.32. The average Bonchev–Trinajstić information content (AvgIpc) is 2.86. The number of hydrogen-bond donors (Lipinski definition) is 3. The molecule has 0 aliphatic heterocycles. The van der Waals surface area contributed by atoms with Crippen molar-refractivity contribution in [3.8, 4) is 5.69 Å². The first-order valence-electron chi connectivity index (χ1n) is 7.04. The number of aliphatic hydroxyl groups is 2. The summed E-state index contributed by atoms with van der Waals surface area (Å²) in [6.07, 6.45) is 0. The maximum atomic E-state index is 12.5. The number of hydrogen-bond acceptors (Lipinski definition) is 6. The van der Waals surface area contributed by atoms with Crippen molar-refractivity contribution in [1.82, 2.24) is 14.1 Å². The van der Waals surface area contributed by atoms with E-state index in [-0.39, 0.29) is 31.2 Å². The van der Waals surface area contributed by atoms with Crippen molar-refractivity contribution in [3.63, 3.8) is 0 Å². The van der Waals surface area contributed by atoms with Crippen LogP contribution < -0.4 is 5.73 Å². The van der Waals surface area contributed by atoms with Gasteiger partial charge in [0.05, 0.1) is 29.5 Å². The summed E-state index contributed by atoms with van der Waals surface area (Å²) in [6.45, 7) is 1.03. The Labute approximate surface area is 134 Å². The number of aromatic nitrogens is 2. The number of aryl methyl sites for hydroxylation is 1. The minimum Gasteiger partial charge on any atom is -0.395 e. The first-order chi connectivity index (χ1) is 10.9. The third kappa shape index (κ3) is 3.70. The van der Waals surface area contributed by atoms with Crippen molar-refractivity contribution >= 4 is 15.8 Å². The molecule has 0 fully saturated rings. The normalized spacial score (nSPS) is 12.0. The van der Waals surface area contributed by atoms with E-state index in [9.17, 15) is 8.42 Å². The summed E-state index contributed by atoms with van der Waals surface area (Å²) >= 11 is 0. The van der Waals surface area contributed by atoms with Crippen LogP contribution in [0.2, 0.25) is 0 Å². The SMILES string of the molecule is Cc1cc(N)n(-c2ccc(S(=O)(=O)N(CCO)CCO)cc2)n1. The van der Waals surface area contributed by atoms with Crippen LogP contribution in [0.1, 0.15) is 5.69 Å². The summed E-state index contributed by atoms with van der Waals surface area (Å²) in [4.78, 5) is 0.0746. The Hall–Kier alpha value is -1.94. The van der Waals surface area contributed by atoms with Gasteiger partial charge in [-0.25, -0.2) is 13.1 Å². The quantitative estimate of drug-likeness (QED) is 0.638. The standard InChI is InChI=1S/C14H20N4O4S/c1-11-10-14(15)18(16-11)12-2-4-13(5-3-12)23(21,22)17(6-8-19)7-9-20/h2-5,10,19-20H,6-9,15H2,1H3. The Morgan fingerprint density at radius 2 is 1.74 bits per heavy atom. The molecular weight excluding hydrogens is 320 g/mol. The zero-order valence-corrected chi connectivity index (χ0v) is 13.6. The first kappa shape index (κ1) is 17.4. The van der Waals surface area contributed by atoms with Crippen molar-refractivity contribution < 1.29 is 18.6 Å². The zero-order valence-electron chi connectivity index (χ0n) is 12.8. The number of sulfonamides is 1. The van der Waals surface area contributed by atoms with E-state index in [1.54, 1.807) is 18.2 Å². The van der Waals surface area contributed by atoms with Crippen LogP contribution in [0.3, 0.4) is 0 Å². The van der Waals surface area contributed by atoms with Crippen molar-refractivity contribution in [2.75, 3.05) is 32.0 Å². The van der Waals surface area contributed by atoms with Gasteiger partial charge in [-0.05, 0) is 31.2 Å². The van der Waals surface area contributed by atoms with E-state index in [1.165, 1.54) is 16.8 Å². The molecule has 0 bridgehead atoms. The van der Waals surface area contributed by atoms with Gasteiger partial charge >= 0.3 is 0 Å². The van der Waals surface area contributed by atoms with E-state index >= 15 is 0 Å². The van der Waals surface area contributed by atoms with Crippen molar-refractivity contribution in [1.29, 1.82) is 0 Å². The van der Waals surface area contributed by atoms with Crippen LogP contribution in [0.5, 0.6) is 0 Å². The highest BCUT2D eigenvalue weighted by Crippen LogP contribution is 2.19. The predicted octanol–water partition coefficient (Wildman–Crippen LogP) is -0.262. The number of nitrogens with two attached hydrogens (primary N) is 1. The molecule has 0 saturated heterocycles. The molecule has 2 aromatic rings.